The molecule has 0 amide bonds. The summed E-state index contributed by atoms with van der Waals surface area (Å²) in [6.07, 6.45) is 7.30. The number of hydrogen-bond donors (Lipinski definition) is 0. The molecule has 1 fully saturated rings. The van der Waals surface area contributed by atoms with Gasteiger partial charge in [0.1, 0.15) is 0 Å². The van der Waals surface area contributed by atoms with Gasteiger partial charge in [0.05, 0.1) is 0 Å². The van der Waals surface area contributed by atoms with Crippen LogP contribution in [-0.2, 0) is 0 Å². The van der Waals surface area contributed by atoms with Crippen molar-refractivity contribution < 1.29 is 0 Å². The number of hydrogen-bond acceptors (Lipinski definition) is 1. The molecule has 0 aromatic heterocycles. The minimum absolute atomic E-state index is 0.372. The first-order chi connectivity index (χ1) is 6.05. The largest absolute Gasteiger partial charge is 0.296 e. The summed E-state index contributed by atoms with van der Waals surface area (Å²) in [5, 5.41) is 0. The predicted molar refractivity (Wildman–Crippen MR) is 58.9 cm³/mol. The Morgan fingerprint density at radius 3 is 2.08 bits per heavy atom. The summed E-state index contributed by atoms with van der Waals surface area (Å²) in [6, 6.07) is 0.625. The summed E-state index contributed by atoms with van der Waals surface area (Å²) in [5.41, 5.74) is 0.372. The summed E-state index contributed by atoms with van der Waals surface area (Å²) in [6.45, 7) is 11.7. The SMILES string of the molecule is C/C=C\C(N1CCCC1)C(C)(C)C. The zero-order chi connectivity index (χ0) is 9.90. The van der Waals surface area contributed by atoms with Gasteiger partial charge in [-0.25, -0.2) is 0 Å². The molecule has 13 heavy (non-hydrogen) atoms. The first-order valence-electron chi connectivity index (χ1n) is 5.42. The first kappa shape index (κ1) is 10.8. The van der Waals surface area contributed by atoms with Crippen LogP contribution < -0.4 is 0 Å². The van der Waals surface area contributed by atoms with Gasteiger partial charge in [-0.15, -0.1) is 0 Å². The van der Waals surface area contributed by atoms with Crippen LogP contribution in [0.3, 0.4) is 0 Å². The highest BCUT2D eigenvalue weighted by Gasteiger charge is 2.29. The average molecular weight is 181 g/mol. The van der Waals surface area contributed by atoms with E-state index in [1.54, 1.807) is 0 Å². The Morgan fingerprint density at radius 2 is 1.69 bits per heavy atom. The summed E-state index contributed by atoms with van der Waals surface area (Å²) in [5.74, 6) is 0. The van der Waals surface area contributed by atoms with Gasteiger partial charge < -0.3 is 0 Å². The fourth-order valence-corrected chi connectivity index (χ4v) is 2.16. The van der Waals surface area contributed by atoms with Crippen molar-refractivity contribution in [3.05, 3.63) is 12.2 Å². The zero-order valence-electron chi connectivity index (χ0n) is 9.51. The first-order valence-corrected chi connectivity index (χ1v) is 5.42. The number of nitrogens with zero attached hydrogens (tertiary/aromatic N) is 1. The maximum Gasteiger partial charge on any atom is 0.0326 e. The number of likely N-dealkylation sites (tertiary alicyclic amines) is 1. The van der Waals surface area contributed by atoms with Crippen molar-refractivity contribution in [1.82, 2.24) is 4.90 Å². The molecule has 76 valence electrons. The normalized spacial score (nSPS) is 22.8. The van der Waals surface area contributed by atoms with Crippen LogP contribution in [0.25, 0.3) is 0 Å². The van der Waals surface area contributed by atoms with E-state index in [1.165, 1.54) is 25.9 Å². The van der Waals surface area contributed by atoms with Gasteiger partial charge in [-0.3, -0.25) is 4.90 Å². The lowest BCUT2D eigenvalue weighted by Crippen LogP contribution is -2.40. The van der Waals surface area contributed by atoms with Crippen molar-refractivity contribution in [3.8, 4) is 0 Å². The van der Waals surface area contributed by atoms with Crippen LogP contribution in [0, 0.1) is 5.41 Å². The van der Waals surface area contributed by atoms with E-state index < -0.39 is 0 Å². The fraction of sp³-hybridized carbons (Fsp3) is 0.833. The van der Waals surface area contributed by atoms with Gasteiger partial charge in [0.25, 0.3) is 0 Å². The van der Waals surface area contributed by atoms with E-state index in [0.29, 0.717) is 11.5 Å². The Balaban J connectivity index is 2.66. The molecular weight excluding hydrogens is 158 g/mol. The standard InChI is InChI=1S/C12H23N/c1-5-8-11(12(2,3)4)13-9-6-7-10-13/h5,8,11H,6-7,9-10H2,1-4H3/b8-5-. The highest BCUT2D eigenvalue weighted by molar-refractivity contribution is 5.00. The molecule has 1 nitrogen and oxygen atoms in total. The summed E-state index contributed by atoms with van der Waals surface area (Å²) in [4.78, 5) is 2.61. The van der Waals surface area contributed by atoms with E-state index in [4.69, 9.17) is 0 Å². The van der Waals surface area contributed by atoms with E-state index in [2.05, 4.69) is 44.7 Å². The van der Waals surface area contributed by atoms with E-state index in [9.17, 15) is 0 Å². The van der Waals surface area contributed by atoms with Crippen LogP contribution in [0.4, 0.5) is 0 Å². The summed E-state index contributed by atoms with van der Waals surface area (Å²) in [7, 11) is 0. The molecule has 1 aliphatic heterocycles. The number of rotatable bonds is 2. The minimum Gasteiger partial charge on any atom is -0.296 e. The second-order valence-electron chi connectivity index (χ2n) is 5.08. The Kier molecular flexibility index (Phi) is 3.55. The van der Waals surface area contributed by atoms with E-state index in [0.717, 1.165) is 0 Å². The van der Waals surface area contributed by atoms with Gasteiger partial charge in [0, 0.05) is 6.04 Å². The quantitative estimate of drug-likeness (QED) is 0.592. The third-order valence-electron chi connectivity index (χ3n) is 2.80. The molecule has 0 bridgehead atoms. The third kappa shape index (κ3) is 2.84. The van der Waals surface area contributed by atoms with E-state index in [1.807, 2.05) is 0 Å². The highest BCUT2D eigenvalue weighted by Crippen LogP contribution is 2.28. The van der Waals surface area contributed by atoms with Crippen LogP contribution in [0.1, 0.15) is 40.5 Å². The van der Waals surface area contributed by atoms with Crippen molar-refractivity contribution >= 4 is 0 Å². The second kappa shape index (κ2) is 4.28. The minimum atomic E-state index is 0.372. The predicted octanol–water partition coefficient (Wildman–Crippen LogP) is 3.07. The molecule has 1 atom stereocenters. The average Bonchev–Trinajstić information content (AvgIpc) is 2.49. The Hall–Kier alpha value is -0.300. The van der Waals surface area contributed by atoms with Crippen molar-refractivity contribution in [2.45, 2.75) is 46.6 Å². The van der Waals surface area contributed by atoms with Crippen LogP contribution in [0.5, 0.6) is 0 Å². The molecule has 0 aliphatic carbocycles. The molecule has 1 heterocycles. The zero-order valence-corrected chi connectivity index (χ0v) is 9.51. The van der Waals surface area contributed by atoms with Crippen molar-refractivity contribution in [1.29, 1.82) is 0 Å². The maximum atomic E-state index is 2.61. The molecular formula is C12H23N. The van der Waals surface area contributed by atoms with Crippen molar-refractivity contribution in [3.63, 3.8) is 0 Å². The van der Waals surface area contributed by atoms with Gasteiger partial charge in [-0.1, -0.05) is 32.9 Å². The van der Waals surface area contributed by atoms with Crippen molar-refractivity contribution in [2.75, 3.05) is 13.1 Å². The lowest BCUT2D eigenvalue weighted by atomic mass is 9.85. The van der Waals surface area contributed by atoms with Crippen LogP contribution >= 0.6 is 0 Å². The molecule has 0 aromatic rings. The second-order valence-corrected chi connectivity index (χ2v) is 5.08. The monoisotopic (exact) mass is 181 g/mol. The molecule has 0 spiro atoms. The van der Waals surface area contributed by atoms with Gasteiger partial charge in [-0.05, 0) is 38.3 Å². The van der Waals surface area contributed by atoms with Gasteiger partial charge in [0.2, 0.25) is 0 Å². The van der Waals surface area contributed by atoms with Crippen LogP contribution in [0.15, 0.2) is 12.2 Å². The smallest absolute Gasteiger partial charge is 0.0326 e. The number of allylic oxidation sites excluding steroid dienone is 1. The summed E-state index contributed by atoms with van der Waals surface area (Å²) < 4.78 is 0. The van der Waals surface area contributed by atoms with E-state index >= 15 is 0 Å². The van der Waals surface area contributed by atoms with Crippen molar-refractivity contribution in [2.24, 2.45) is 5.41 Å². The van der Waals surface area contributed by atoms with Crippen LogP contribution in [0.2, 0.25) is 0 Å². The molecule has 1 saturated heterocycles. The molecule has 0 saturated carbocycles. The molecule has 1 heteroatoms. The topological polar surface area (TPSA) is 3.24 Å². The van der Waals surface area contributed by atoms with Gasteiger partial charge in [-0.2, -0.15) is 0 Å². The van der Waals surface area contributed by atoms with Gasteiger partial charge in [0.15, 0.2) is 0 Å². The lowest BCUT2D eigenvalue weighted by molar-refractivity contribution is 0.163. The fourth-order valence-electron chi connectivity index (χ4n) is 2.16. The molecule has 0 radical (unpaired) electrons. The maximum absolute atomic E-state index is 2.61. The molecule has 1 unspecified atom stereocenters. The molecule has 1 aliphatic rings. The Labute approximate surface area is 82.8 Å². The third-order valence-corrected chi connectivity index (χ3v) is 2.80. The Morgan fingerprint density at radius 1 is 1.15 bits per heavy atom. The molecule has 0 aromatic carbocycles. The van der Waals surface area contributed by atoms with E-state index in [-0.39, 0.29) is 0 Å². The Bertz CT molecular complexity index is 170. The van der Waals surface area contributed by atoms with Gasteiger partial charge >= 0.3 is 0 Å². The highest BCUT2D eigenvalue weighted by atomic mass is 15.2. The summed E-state index contributed by atoms with van der Waals surface area (Å²) >= 11 is 0. The molecule has 1 rings (SSSR count). The van der Waals surface area contributed by atoms with Crippen LogP contribution in [-0.4, -0.2) is 24.0 Å². The molecule has 0 N–H and O–H groups in total. The lowest BCUT2D eigenvalue weighted by Gasteiger charge is -2.35.